The van der Waals surface area contributed by atoms with Gasteiger partial charge in [-0.3, -0.25) is 9.35 Å². The molecule has 0 aliphatic rings. The number of methoxy groups -OCH3 is 1. The number of carbonyl (C=O) groups is 2. The van der Waals surface area contributed by atoms with E-state index in [1.807, 2.05) is 0 Å². The standard InChI is InChI=1S/C22H43NO6S/c1-3-4-5-6-7-8-9-10-11-12-13-14-15-16-17-18-21(24)23-20(22(25)29-2)19-30(26,27)28/h20H,3-19H2,1-2H3,(H,23,24)(H,26,27,28). The average molecular weight is 450 g/mol. The first-order chi connectivity index (χ1) is 14.3. The lowest BCUT2D eigenvalue weighted by Crippen LogP contribution is -2.45. The van der Waals surface area contributed by atoms with Gasteiger partial charge in [0.2, 0.25) is 5.91 Å². The number of hydrogen-bond acceptors (Lipinski definition) is 5. The van der Waals surface area contributed by atoms with Crippen LogP contribution in [0.5, 0.6) is 0 Å². The van der Waals surface area contributed by atoms with Crippen LogP contribution >= 0.6 is 0 Å². The Hall–Kier alpha value is -1.15. The first-order valence-electron chi connectivity index (χ1n) is 11.6. The fourth-order valence-corrected chi connectivity index (χ4v) is 4.09. The van der Waals surface area contributed by atoms with Crippen LogP contribution in [0.15, 0.2) is 0 Å². The largest absolute Gasteiger partial charge is 0.467 e. The molecular formula is C22H43NO6S. The van der Waals surface area contributed by atoms with Crippen LogP contribution in [-0.4, -0.2) is 43.8 Å². The summed E-state index contributed by atoms with van der Waals surface area (Å²) in [6.45, 7) is 2.25. The fraction of sp³-hybridized carbons (Fsp3) is 0.909. The lowest BCUT2D eigenvalue weighted by molar-refractivity contribution is -0.144. The van der Waals surface area contributed by atoms with Crippen LogP contribution in [0, 0.1) is 0 Å². The number of unbranched alkanes of at least 4 members (excludes halogenated alkanes) is 14. The maximum absolute atomic E-state index is 11.9. The quantitative estimate of drug-likeness (QED) is 0.157. The number of rotatable bonds is 20. The number of amides is 1. The van der Waals surface area contributed by atoms with Crippen LogP contribution in [0.1, 0.15) is 110 Å². The molecule has 0 aromatic rings. The Morgan fingerprint density at radius 1 is 0.800 bits per heavy atom. The molecule has 0 radical (unpaired) electrons. The van der Waals surface area contributed by atoms with Gasteiger partial charge in [-0.1, -0.05) is 96.8 Å². The van der Waals surface area contributed by atoms with Crippen molar-refractivity contribution in [1.82, 2.24) is 5.32 Å². The molecule has 0 rings (SSSR count). The highest BCUT2D eigenvalue weighted by atomic mass is 32.2. The molecule has 0 heterocycles. The summed E-state index contributed by atoms with van der Waals surface area (Å²) < 4.78 is 35.2. The first-order valence-corrected chi connectivity index (χ1v) is 13.2. The Bertz CT molecular complexity index is 550. The molecule has 178 valence electrons. The number of hydrogen-bond donors (Lipinski definition) is 2. The summed E-state index contributed by atoms with van der Waals surface area (Å²) in [6, 6.07) is -1.38. The van der Waals surface area contributed by atoms with Gasteiger partial charge in [-0.2, -0.15) is 8.42 Å². The first kappa shape index (κ1) is 28.9. The van der Waals surface area contributed by atoms with Crippen molar-refractivity contribution in [3.8, 4) is 0 Å². The minimum absolute atomic E-state index is 0.219. The molecule has 1 amide bonds. The maximum atomic E-state index is 11.9. The molecule has 1 atom stereocenters. The van der Waals surface area contributed by atoms with Gasteiger partial charge in [0.25, 0.3) is 10.1 Å². The van der Waals surface area contributed by atoms with E-state index in [-0.39, 0.29) is 6.42 Å². The van der Waals surface area contributed by atoms with E-state index >= 15 is 0 Å². The summed E-state index contributed by atoms with van der Waals surface area (Å²) in [4.78, 5) is 23.4. The van der Waals surface area contributed by atoms with Crippen molar-refractivity contribution in [1.29, 1.82) is 0 Å². The lowest BCUT2D eigenvalue weighted by atomic mass is 10.0. The van der Waals surface area contributed by atoms with Gasteiger partial charge in [0.1, 0.15) is 11.8 Å². The number of nitrogens with one attached hydrogen (secondary N) is 1. The summed E-state index contributed by atoms with van der Waals surface area (Å²) in [5.74, 6) is -2.19. The zero-order valence-electron chi connectivity index (χ0n) is 19.0. The van der Waals surface area contributed by atoms with Crippen molar-refractivity contribution in [2.75, 3.05) is 12.9 Å². The second-order valence-electron chi connectivity index (χ2n) is 8.09. The second kappa shape index (κ2) is 18.6. The molecule has 30 heavy (non-hydrogen) atoms. The van der Waals surface area contributed by atoms with Crippen molar-refractivity contribution in [3.05, 3.63) is 0 Å². The van der Waals surface area contributed by atoms with Gasteiger partial charge in [0, 0.05) is 6.42 Å². The summed E-state index contributed by atoms with van der Waals surface area (Å²) in [5, 5.41) is 2.32. The summed E-state index contributed by atoms with van der Waals surface area (Å²) in [6.07, 6.45) is 18.7. The van der Waals surface area contributed by atoms with Gasteiger partial charge < -0.3 is 10.1 Å². The minimum atomic E-state index is -4.39. The van der Waals surface area contributed by atoms with Gasteiger partial charge in [-0.05, 0) is 6.42 Å². The molecule has 0 saturated carbocycles. The predicted octanol–water partition coefficient (Wildman–Crippen LogP) is 4.79. The summed E-state index contributed by atoms with van der Waals surface area (Å²) in [5.41, 5.74) is 0. The Morgan fingerprint density at radius 3 is 1.57 bits per heavy atom. The molecule has 0 bridgehead atoms. The van der Waals surface area contributed by atoms with Crippen LogP contribution in [0.2, 0.25) is 0 Å². The molecule has 0 aliphatic heterocycles. The highest BCUT2D eigenvalue weighted by Crippen LogP contribution is 2.13. The zero-order valence-corrected chi connectivity index (χ0v) is 19.8. The molecule has 0 aromatic carbocycles. The van der Waals surface area contributed by atoms with E-state index in [9.17, 15) is 18.0 Å². The van der Waals surface area contributed by atoms with Crippen molar-refractivity contribution >= 4 is 22.0 Å². The smallest absolute Gasteiger partial charge is 0.329 e. The van der Waals surface area contributed by atoms with Crippen molar-refractivity contribution < 1.29 is 27.3 Å². The Labute approximate surface area is 183 Å². The molecule has 0 fully saturated rings. The second-order valence-corrected chi connectivity index (χ2v) is 9.59. The SMILES string of the molecule is CCCCCCCCCCCCCCCCCC(=O)NC(CS(=O)(=O)O)C(=O)OC. The van der Waals surface area contributed by atoms with Crippen LogP contribution in [-0.2, 0) is 24.4 Å². The minimum Gasteiger partial charge on any atom is -0.467 e. The van der Waals surface area contributed by atoms with E-state index in [1.54, 1.807) is 0 Å². The Kier molecular flexibility index (Phi) is 17.9. The molecule has 0 spiro atoms. The Balaban J connectivity index is 3.60. The molecule has 0 aliphatic carbocycles. The van der Waals surface area contributed by atoms with Crippen molar-refractivity contribution in [3.63, 3.8) is 0 Å². The zero-order chi connectivity index (χ0) is 22.7. The maximum Gasteiger partial charge on any atom is 0.329 e. The molecule has 8 heteroatoms. The molecule has 7 nitrogen and oxygen atoms in total. The average Bonchev–Trinajstić information content (AvgIpc) is 2.68. The molecule has 0 aromatic heterocycles. The molecule has 2 N–H and O–H groups in total. The fourth-order valence-electron chi connectivity index (χ4n) is 3.44. The molecular weight excluding hydrogens is 406 g/mol. The van der Waals surface area contributed by atoms with E-state index in [0.29, 0.717) is 6.42 Å². The third kappa shape index (κ3) is 18.9. The van der Waals surface area contributed by atoms with Gasteiger partial charge in [0.15, 0.2) is 0 Å². The van der Waals surface area contributed by atoms with E-state index in [2.05, 4.69) is 17.0 Å². The number of esters is 1. The molecule has 1 unspecified atom stereocenters. The van der Waals surface area contributed by atoms with E-state index in [4.69, 9.17) is 4.55 Å². The predicted molar refractivity (Wildman–Crippen MR) is 120 cm³/mol. The highest BCUT2D eigenvalue weighted by molar-refractivity contribution is 7.85. The van der Waals surface area contributed by atoms with Crippen LogP contribution in [0.25, 0.3) is 0 Å². The van der Waals surface area contributed by atoms with E-state index in [1.165, 1.54) is 70.6 Å². The number of carbonyl (C=O) groups excluding carboxylic acids is 2. The lowest BCUT2D eigenvalue weighted by Gasteiger charge is -2.14. The van der Waals surface area contributed by atoms with Crippen LogP contribution in [0.3, 0.4) is 0 Å². The van der Waals surface area contributed by atoms with Gasteiger partial charge in [0.05, 0.1) is 7.11 Å². The summed E-state index contributed by atoms with van der Waals surface area (Å²) in [7, 11) is -3.29. The van der Waals surface area contributed by atoms with Gasteiger partial charge in [-0.15, -0.1) is 0 Å². The third-order valence-corrected chi connectivity index (χ3v) is 5.96. The van der Waals surface area contributed by atoms with Crippen LogP contribution in [0.4, 0.5) is 0 Å². The topological polar surface area (TPSA) is 110 Å². The van der Waals surface area contributed by atoms with Gasteiger partial charge in [-0.25, -0.2) is 4.79 Å². The Morgan fingerprint density at radius 2 is 1.20 bits per heavy atom. The number of ether oxygens (including phenoxy) is 1. The van der Waals surface area contributed by atoms with Crippen molar-refractivity contribution in [2.45, 2.75) is 116 Å². The van der Waals surface area contributed by atoms with Crippen LogP contribution < -0.4 is 5.32 Å². The third-order valence-electron chi connectivity index (χ3n) is 5.21. The van der Waals surface area contributed by atoms with Gasteiger partial charge >= 0.3 is 5.97 Å². The van der Waals surface area contributed by atoms with E-state index < -0.39 is 33.8 Å². The summed E-state index contributed by atoms with van der Waals surface area (Å²) >= 11 is 0. The van der Waals surface area contributed by atoms with Crippen molar-refractivity contribution in [2.24, 2.45) is 0 Å². The monoisotopic (exact) mass is 449 g/mol. The highest BCUT2D eigenvalue weighted by Gasteiger charge is 2.26. The normalized spacial score (nSPS) is 12.5. The van der Waals surface area contributed by atoms with E-state index in [0.717, 1.165) is 26.4 Å². The molecule has 0 saturated heterocycles.